The lowest BCUT2D eigenvalue weighted by Crippen LogP contribution is -2.27. The Balaban J connectivity index is 1.90. The van der Waals surface area contributed by atoms with E-state index in [2.05, 4.69) is 10.0 Å². The van der Waals surface area contributed by atoms with E-state index in [1.807, 2.05) is 6.07 Å². The van der Waals surface area contributed by atoms with Crippen LogP contribution in [0.3, 0.4) is 0 Å². The van der Waals surface area contributed by atoms with Gasteiger partial charge in [-0.15, -0.1) is 0 Å². The molecule has 0 saturated carbocycles. The van der Waals surface area contributed by atoms with Gasteiger partial charge in [-0.3, -0.25) is 14.3 Å². The zero-order valence-corrected chi connectivity index (χ0v) is 15.3. The van der Waals surface area contributed by atoms with Gasteiger partial charge in [0.05, 0.1) is 16.3 Å². The van der Waals surface area contributed by atoms with E-state index in [1.165, 1.54) is 38.1 Å². The van der Waals surface area contributed by atoms with Gasteiger partial charge in [-0.2, -0.15) is 0 Å². The maximum absolute atomic E-state index is 12.7. The first-order valence-electron chi connectivity index (χ1n) is 8.08. The van der Waals surface area contributed by atoms with E-state index < -0.39 is 10.0 Å². The molecule has 0 spiro atoms. The van der Waals surface area contributed by atoms with Gasteiger partial charge < -0.3 is 10.2 Å². The molecule has 0 fully saturated rings. The Hall–Kier alpha value is -2.87. The molecule has 0 aliphatic carbocycles. The van der Waals surface area contributed by atoms with Crippen LogP contribution in [-0.4, -0.2) is 26.8 Å². The third-order valence-corrected chi connectivity index (χ3v) is 5.49. The van der Waals surface area contributed by atoms with Crippen molar-refractivity contribution in [2.75, 3.05) is 21.5 Å². The highest BCUT2D eigenvalue weighted by Crippen LogP contribution is 2.36. The summed E-state index contributed by atoms with van der Waals surface area (Å²) < 4.78 is 28.0. The normalized spacial score (nSPS) is 13.2. The Bertz CT molecular complexity index is 968. The number of para-hydroxylation sites is 1. The largest absolute Gasteiger partial charge is 0.326 e. The van der Waals surface area contributed by atoms with Crippen LogP contribution in [-0.2, 0) is 26.0 Å². The van der Waals surface area contributed by atoms with E-state index in [0.717, 1.165) is 5.56 Å². The van der Waals surface area contributed by atoms with Crippen molar-refractivity contribution in [2.45, 2.75) is 25.2 Å². The average molecular weight is 373 g/mol. The number of nitrogens with zero attached hydrogens (tertiary/aromatic N) is 1. The quantitative estimate of drug-likeness (QED) is 0.860. The first kappa shape index (κ1) is 17.9. The molecule has 2 aromatic rings. The number of sulfonamides is 1. The van der Waals surface area contributed by atoms with Gasteiger partial charge >= 0.3 is 0 Å². The van der Waals surface area contributed by atoms with Crippen LogP contribution >= 0.6 is 0 Å². The Morgan fingerprint density at radius 3 is 2.35 bits per heavy atom. The lowest BCUT2D eigenvalue weighted by molar-refractivity contribution is -0.116. The standard InChI is InChI=1S/C18H19N3O4S/c1-12(22)19-15-6-8-16(9-7-15)26(24,25)20-17-5-3-4-14-10-11-21(13(2)23)18(14)17/h3-9,20H,10-11H2,1-2H3,(H,19,22). The fourth-order valence-corrected chi connectivity index (χ4v) is 4.04. The summed E-state index contributed by atoms with van der Waals surface area (Å²) in [5, 5.41) is 2.59. The predicted octanol–water partition coefficient (Wildman–Crippen LogP) is 2.35. The smallest absolute Gasteiger partial charge is 0.261 e. The summed E-state index contributed by atoms with van der Waals surface area (Å²) in [6.45, 7) is 3.37. The van der Waals surface area contributed by atoms with E-state index in [1.54, 1.807) is 17.0 Å². The summed E-state index contributed by atoms with van der Waals surface area (Å²) in [4.78, 5) is 24.5. The van der Waals surface area contributed by atoms with Crippen LogP contribution in [0.2, 0.25) is 0 Å². The first-order chi connectivity index (χ1) is 12.3. The Kier molecular flexibility index (Phi) is 4.69. The maximum atomic E-state index is 12.7. The SMILES string of the molecule is CC(=O)Nc1ccc(S(=O)(=O)Nc2cccc3c2N(C(C)=O)CC3)cc1. The maximum Gasteiger partial charge on any atom is 0.261 e. The van der Waals surface area contributed by atoms with Crippen molar-refractivity contribution in [3.63, 3.8) is 0 Å². The fraction of sp³-hybridized carbons (Fsp3) is 0.222. The molecule has 2 aromatic carbocycles. The zero-order chi connectivity index (χ0) is 18.9. The summed E-state index contributed by atoms with van der Waals surface area (Å²) in [6.07, 6.45) is 0.690. The molecular weight excluding hydrogens is 354 g/mol. The topological polar surface area (TPSA) is 95.6 Å². The number of nitrogens with one attached hydrogen (secondary N) is 2. The molecule has 0 saturated heterocycles. The number of carbonyl (C=O) groups excluding carboxylic acids is 2. The summed E-state index contributed by atoms with van der Waals surface area (Å²) in [6, 6.07) is 11.2. The zero-order valence-electron chi connectivity index (χ0n) is 14.4. The van der Waals surface area contributed by atoms with Crippen molar-refractivity contribution < 1.29 is 18.0 Å². The third-order valence-electron chi connectivity index (χ3n) is 4.10. The van der Waals surface area contributed by atoms with E-state index in [0.29, 0.717) is 30.0 Å². The van der Waals surface area contributed by atoms with Gasteiger partial charge in [-0.1, -0.05) is 12.1 Å². The molecule has 26 heavy (non-hydrogen) atoms. The van der Waals surface area contributed by atoms with Crippen molar-refractivity contribution in [2.24, 2.45) is 0 Å². The molecule has 3 rings (SSSR count). The molecule has 0 bridgehead atoms. The van der Waals surface area contributed by atoms with Crippen LogP contribution in [0.25, 0.3) is 0 Å². The number of benzene rings is 2. The van der Waals surface area contributed by atoms with Gasteiger partial charge in [0.25, 0.3) is 10.0 Å². The van der Waals surface area contributed by atoms with E-state index in [9.17, 15) is 18.0 Å². The van der Waals surface area contributed by atoms with Gasteiger partial charge in [-0.25, -0.2) is 8.42 Å². The molecule has 0 aromatic heterocycles. The van der Waals surface area contributed by atoms with Crippen LogP contribution in [0.1, 0.15) is 19.4 Å². The summed E-state index contributed by atoms with van der Waals surface area (Å²) in [5.74, 6) is -0.363. The number of fused-ring (bicyclic) bond motifs is 1. The van der Waals surface area contributed by atoms with Crippen LogP contribution in [0.15, 0.2) is 47.4 Å². The van der Waals surface area contributed by atoms with Gasteiger partial charge in [0, 0.05) is 26.1 Å². The minimum absolute atomic E-state index is 0.0663. The van der Waals surface area contributed by atoms with Crippen LogP contribution < -0.4 is 14.9 Å². The van der Waals surface area contributed by atoms with Gasteiger partial charge in [0.2, 0.25) is 11.8 Å². The Morgan fingerprint density at radius 2 is 1.73 bits per heavy atom. The van der Waals surface area contributed by atoms with Crippen molar-refractivity contribution >= 4 is 38.9 Å². The van der Waals surface area contributed by atoms with E-state index in [4.69, 9.17) is 0 Å². The second-order valence-corrected chi connectivity index (χ2v) is 7.73. The average Bonchev–Trinajstić information content (AvgIpc) is 3.00. The second kappa shape index (κ2) is 6.80. The second-order valence-electron chi connectivity index (χ2n) is 6.05. The van der Waals surface area contributed by atoms with Gasteiger partial charge in [0.1, 0.15) is 0 Å². The van der Waals surface area contributed by atoms with E-state index in [-0.39, 0.29) is 16.7 Å². The highest BCUT2D eigenvalue weighted by Gasteiger charge is 2.27. The Labute approximate surface area is 152 Å². The molecule has 0 unspecified atom stereocenters. The predicted molar refractivity (Wildman–Crippen MR) is 99.7 cm³/mol. The van der Waals surface area contributed by atoms with Crippen molar-refractivity contribution in [3.8, 4) is 0 Å². The molecule has 0 radical (unpaired) electrons. The minimum atomic E-state index is -3.83. The molecule has 8 heteroatoms. The fourth-order valence-electron chi connectivity index (χ4n) is 2.98. The lowest BCUT2D eigenvalue weighted by atomic mass is 10.1. The molecule has 136 valence electrons. The van der Waals surface area contributed by atoms with E-state index >= 15 is 0 Å². The Morgan fingerprint density at radius 1 is 1.04 bits per heavy atom. The molecule has 1 aliphatic heterocycles. The summed E-state index contributed by atoms with van der Waals surface area (Å²) >= 11 is 0. The number of rotatable bonds is 4. The number of carbonyl (C=O) groups is 2. The summed E-state index contributed by atoms with van der Waals surface area (Å²) in [7, 11) is -3.83. The molecule has 2 amide bonds. The first-order valence-corrected chi connectivity index (χ1v) is 9.57. The molecule has 0 atom stereocenters. The highest BCUT2D eigenvalue weighted by molar-refractivity contribution is 7.92. The number of hydrogen-bond donors (Lipinski definition) is 2. The summed E-state index contributed by atoms with van der Waals surface area (Å²) in [5.41, 5.74) is 2.43. The number of hydrogen-bond acceptors (Lipinski definition) is 4. The molecular formula is C18H19N3O4S. The van der Waals surface area contributed by atoms with Crippen molar-refractivity contribution in [1.82, 2.24) is 0 Å². The molecule has 1 aliphatic rings. The van der Waals surface area contributed by atoms with Crippen LogP contribution in [0, 0.1) is 0 Å². The number of amides is 2. The highest BCUT2D eigenvalue weighted by atomic mass is 32.2. The lowest BCUT2D eigenvalue weighted by Gasteiger charge is -2.19. The van der Waals surface area contributed by atoms with Crippen molar-refractivity contribution in [1.29, 1.82) is 0 Å². The third kappa shape index (κ3) is 3.55. The van der Waals surface area contributed by atoms with Gasteiger partial charge in [0.15, 0.2) is 0 Å². The van der Waals surface area contributed by atoms with Crippen LogP contribution in [0.5, 0.6) is 0 Å². The van der Waals surface area contributed by atoms with Gasteiger partial charge in [-0.05, 0) is 42.3 Å². The van der Waals surface area contributed by atoms with Crippen molar-refractivity contribution in [3.05, 3.63) is 48.0 Å². The molecule has 1 heterocycles. The van der Waals surface area contributed by atoms with Crippen LogP contribution in [0.4, 0.5) is 17.1 Å². The minimum Gasteiger partial charge on any atom is -0.326 e. The molecule has 2 N–H and O–H groups in total. The molecule has 7 nitrogen and oxygen atoms in total. The number of anilines is 3. The monoisotopic (exact) mass is 373 g/mol.